The van der Waals surface area contributed by atoms with Gasteiger partial charge in [0.2, 0.25) is 0 Å². The van der Waals surface area contributed by atoms with E-state index in [-0.39, 0.29) is 0 Å². The normalized spacial score (nSPS) is 9.24. The molecule has 0 spiro atoms. The maximum atomic E-state index is 10.00. The third kappa shape index (κ3) is 15.8. The van der Waals surface area contributed by atoms with Crippen molar-refractivity contribution in [3.8, 4) is 0 Å². The number of aryl methyl sites for hydroxylation is 2. The van der Waals surface area contributed by atoms with Crippen LogP contribution in [-0.2, 0) is 17.6 Å². The van der Waals surface area contributed by atoms with Gasteiger partial charge in [0, 0.05) is 13.0 Å². The lowest BCUT2D eigenvalue weighted by molar-refractivity contribution is -0.107. The van der Waals surface area contributed by atoms with Gasteiger partial charge in [-0.2, -0.15) is 0 Å². The second kappa shape index (κ2) is 18.8. The lowest BCUT2D eigenvalue weighted by atomic mass is 10.1. The monoisotopic (exact) mass is 360 g/mol. The minimum absolute atomic E-state index is 0.312. The van der Waals surface area contributed by atoms with E-state index in [0.29, 0.717) is 13.0 Å². The largest absolute Gasteiger partial charge is 0.396 e. The number of hydrogen-bond donors (Lipinski definition) is 1. The highest BCUT2D eigenvalue weighted by molar-refractivity contribution is 7.35. The Bertz CT molecular complexity index is 500. The molecular weight excluding hydrogens is 327 g/mol. The molecule has 25 heavy (non-hydrogen) atoms. The van der Waals surface area contributed by atoms with Crippen molar-refractivity contribution in [3.63, 3.8) is 0 Å². The van der Waals surface area contributed by atoms with Crippen LogP contribution in [-0.4, -0.2) is 31.3 Å². The van der Waals surface area contributed by atoms with Crippen molar-refractivity contribution in [1.82, 2.24) is 0 Å². The molecule has 0 aliphatic carbocycles. The maximum Gasteiger partial charge on any atom is 0.120 e. The van der Waals surface area contributed by atoms with Crippen LogP contribution in [0.2, 0.25) is 0 Å². The first-order chi connectivity index (χ1) is 12.3. The van der Waals surface area contributed by atoms with Crippen LogP contribution in [0.15, 0.2) is 60.7 Å². The molecule has 0 atom stereocenters. The second-order valence-corrected chi connectivity index (χ2v) is 6.71. The van der Waals surface area contributed by atoms with E-state index in [2.05, 4.69) is 37.6 Å². The minimum Gasteiger partial charge on any atom is -0.396 e. The van der Waals surface area contributed by atoms with Crippen molar-refractivity contribution in [2.24, 2.45) is 0 Å². The summed E-state index contributed by atoms with van der Waals surface area (Å²) in [5.74, 6) is 0. The lowest BCUT2D eigenvalue weighted by Gasteiger charge is -1.97. The van der Waals surface area contributed by atoms with Gasteiger partial charge in [-0.05, 0) is 56.6 Å². The van der Waals surface area contributed by atoms with Gasteiger partial charge in [0.15, 0.2) is 0 Å². The number of aliphatic hydroxyl groups is 1. The quantitative estimate of drug-likeness (QED) is 0.402. The standard InChI is InChI=1S/C10H14O.C10H12O.C2H7P/c2*11-9-5-4-8-10-6-2-1-3-7-10;1-3-2/h1-3,6-7,11H,4-5,8-9H2;1-3,6-7,9H,4-5,8H2;3H,1-2H3. The van der Waals surface area contributed by atoms with Gasteiger partial charge in [-0.25, -0.2) is 0 Å². The summed E-state index contributed by atoms with van der Waals surface area (Å²) in [6.07, 6.45) is 6.71. The number of hydrogen-bond acceptors (Lipinski definition) is 2. The molecule has 0 amide bonds. The molecule has 0 heterocycles. The highest BCUT2D eigenvalue weighted by atomic mass is 31.1. The van der Waals surface area contributed by atoms with Crippen LogP contribution < -0.4 is 0 Å². The predicted octanol–water partition coefficient (Wildman–Crippen LogP) is 5.13. The first kappa shape index (κ1) is 23.5. The van der Waals surface area contributed by atoms with Crippen LogP contribution in [0.3, 0.4) is 0 Å². The fourth-order valence-corrected chi connectivity index (χ4v) is 2.12. The third-order valence-corrected chi connectivity index (χ3v) is 3.35. The number of unbranched alkanes of at least 4 members (excludes halogenated alkanes) is 2. The Hall–Kier alpha value is -1.50. The zero-order valence-corrected chi connectivity index (χ0v) is 16.7. The molecule has 3 heteroatoms. The first-order valence-electron chi connectivity index (χ1n) is 8.99. The summed E-state index contributed by atoms with van der Waals surface area (Å²) < 4.78 is 0. The fraction of sp³-hybridized carbons (Fsp3) is 0.409. The van der Waals surface area contributed by atoms with Crippen molar-refractivity contribution in [2.45, 2.75) is 38.5 Å². The van der Waals surface area contributed by atoms with Crippen LogP contribution in [0.5, 0.6) is 0 Å². The Kier molecular flexibility index (Phi) is 17.7. The molecule has 0 aliphatic heterocycles. The highest BCUT2D eigenvalue weighted by Crippen LogP contribution is 2.04. The van der Waals surface area contributed by atoms with Crippen molar-refractivity contribution in [1.29, 1.82) is 0 Å². The molecule has 2 aromatic carbocycles. The van der Waals surface area contributed by atoms with Crippen LogP contribution >= 0.6 is 8.58 Å². The van der Waals surface area contributed by atoms with Crippen LogP contribution in [0.1, 0.15) is 36.8 Å². The minimum atomic E-state index is 0.312. The molecule has 0 aliphatic rings. The van der Waals surface area contributed by atoms with Gasteiger partial charge in [0.05, 0.1) is 0 Å². The van der Waals surface area contributed by atoms with Gasteiger partial charge in [0.25, 0.3) is 0 Å². The smallest absolute Gasteiger partial charge is 0.120 e. The van der Waals surface area contributed by atoms with E-state index in [4.69, 9.17) is 5.11 Å². The molecule has 0 saturated carbocycles. The molecule has 1 N–H and O–H groups in total. The molecule has 0 radical (unpaired) electrons. The number of carbonyl (C=O) groups excluding carboxylic acids is 1. The van der Waals surface area contributed by atoms with Crippen molar-refractivity contribution >= 4 is 14.9 Å². The molecule has 138 valence electrons. The molecule has 0 unspecified atom stereocenters. The van der Waals surface area contributed by atoms with Crippen molar-refractivity contribution in [2.75, 3.05) is 19.9 Å². The van der Waals surface area contributed by atoms with Gasteiger partial charge < -0.3 is 9.90 Å². The summed E-state index contributed by atoms with van der Waals surface area (Å²) in [5, 5.41) is 8.54. The molecule has 2 nitrogen and oxygen atoms in total. The Morgan fingerprint density at radius 2 is 1.24 bits per heavy atom. The molecule has 2 rings (SSSR count). The molecule has 0 saturated heterocycles. The van der Waals surface area contributed by atoms with E-state index in [9.17, 15) is 4.79 Å². The van der Waals surface area contributed by atoms with E-state index in [0.717, 1.165) is 47.0 Å². The molecular formula is C22H33O2P. The van der Waals surface area contributed by atoms with Gasteiger partial charge >= 0.3 is 0 Å². The number of rotatable bonds is 8. The van der Waals surface area contributed by atoms with E-state index in [1.54, 1.807) is 0 Å². The van der Waals surface area contributed by atoms with E-state index in [1.807, 2.05) is 36.4 Å². The van der Waals surface area contributed by atoms with Crippen LogP contribution in [0.4, 0.5) is 0 Å². The van der Waals surface area contributed by atoms with Crippen molar-refractivity contribution < 1.29 is 9.90 Å². The van der Waals surface area contributed by atoms with Crippen LogP contribution in [0.25, 0.3) is 0 Å². The molecule has 2 aromatic rings. The average molecular weight is 360 g/mol. The van der Waals surface area contributed by atoms with E-state index in [1.165, 1.54) is 11.1 Å². The zero-order chi connectivity index (χ0) is 18.6. The molecule has 0 fully saturated rings. The third-order valence-electron chi connectivity index (χ3n) is 3.35. The number of benzene rings is 2. The first-order valence-corrected chi connectivity index (χ1v) is 11.0. The van der Waals surface area contributed by atoms with E-state index >= 15 is 0 Å². The van der Waals surface area contributed by atoms with Gasteiger partial charge in [-0.15, -0.1) is 8.58 Å². The summed E-state index contributed by atoms with van der Waals surface area (Å²) in [5.41, 5.74) is 2.68. The van der Waals surface area contributed by atoms with Gasteiger partial charge in [0.1, 0.15) is 6.29 Å². The topological polar surface area (TPSA) is 37.3 Å². The summed E-state index contributed by atoms with van der Waals surface area (Å²) in [4.78, 5) is 10.00. The predicted molar refractivity (Wildman–Crippen MR) is 112 cm³/mol. The second-order valence-electron chi connectivity index (χ2n) is 5.71. The molecule has 0 bridgehead atoms. The lowest BCUT2D eigenvalue weighted by Crippen LogP contribution is -1.87. The Balaban J connectivity index is 0.000000399. The summed E-state index contributed by atoms with van der Waals surface area (Å²) in [6.45, 7) is 4.62. The maximum absolute atomic E-state index is 10.00. The number of carbonyl (C=O) groups is 1. The average Bonchev–Trinajstić information content (AvgIpc) is 2.65. The zero-order valence-electron chi connectivity index (χ0n) is 15.7. The van der Waals surface area contributed by atoms with Crippen LogP contribution in [0, 0.1) is 0 Å². The Morgan fingerprint density at radius 3 is 1.64 bits per heavy atom. The van der Waals surface area contributed by atoms with Crippen molar-refractivity contribution in [3.05, 3.63) is 71.8 Å². The SMILES string of the molecule is CPC.O=CCCCc1ccccc1.OCCCCc1ccccc1. The number of aldehydes is 1. The Morgan fingerprint density at radius 1 is 0.800 bits per heavy atom. The Labute approximate surface area is 155 Å². The van der Waals surface area contributed by atoms with Gasteiger partial charge in [-0.3, -0.25) is 0 Å². The summed E-state index contributed by atoms with van der Waals surface area (Å²) in [6, 6.07) is 20.6. The highest BCUT2D eigenvalue weighted by Gasteiger charge is 1.90. The number of aliphatic hydroxyl groups excluding tert-OH is 1. The van der Waals surface area contributed by atoms with Gasteiger partial charge in [-0.1, -0.05) is 60.7 Å². The summed E-state index contributed by atoms with van der Waals surface area (Å²) >= 11 is 0. The molecule has 0 aromatic heterocycles. The fourth-order valence-electron chi connectivity index (χ4n) is 2.12. The summed E-state index contributed by atoms with van der Waals surface area (Å²) in [7, 11) is 1.08. The van der Waals surface area contributed by atoms with E-state index < -0.39 is 0 Å².